The summed E-state index contributed by atoms with van der Waals surface area (Å²) in [6.45, 7) is 1.01. The zero-order valence-electron chi connectivity index (χ0n) is 9.83. The van der Waals surface area contributed by atoms with Crippen LogP contribution in [0.15, 0.2) is 12.1 Å². The molecule has 6 heteroatoms. The Morgan fingerprint density at radius 1 is 1.67 bits per heavy atom. The number of primary amides is 1. The maximum atomic E-state index is 11.3. The Morgan fingerprint density at radius 2 is 2.50 bits per heavy atom. The van der Waals surface area contributed by atoms with Crippen molar-refractivity contribution in [2.75, 3.05) is 19.8 Å². The number of aliphatic hydroxyl groups excluding tert-OH is 1. The number of rotatable bonds is 5. The van der Waals surface area contributed by atoms with E-state index in [4.69, 9.17) is 20.3 Å². The number of nitrogens with zero attached hydrogens (tertiary/aromatic N) is 1. The predicted molar refractivity (Wildman–Crippen MR) is 63.1 cm³/mol. The average Bonchev–Trinajstić information content (AvgIpc) is 2.84. The van der Waals surface area contributed by atoms with Crippen molar-refractivity contribution in [2.45, 2.75) is 12.5 Å². The summed E-state index contributed by atoms with van der Waals surface area (Å²) in [6.07, 6.45) is 2.24. The quantitative estimate of drug-likeness (QED) is 0.761. The van der Waals surface area contributed by atoms with E-state index in [1.165, 1.54) is 6.42 Å². The van der Waals surface area contributed by atoms with Crippen LogP contribution in [-0.2, 0) is 4.74 Å². The van der Waals surface area contributed by atoms with E-state index in [0.29, 0.717) is 24.7 Å². The SMILES string of the molecule is NC(=O)c1nc(O[C@@H]2CCOC2)ccc1[CH]CO. The second kappa shape index (κ2) is 5.79. The van der Waals surface area contributed by atoms with Crippen LogP contribution < -0.4 is 10.5 Å². The highest BCUT2D eigenvalue weighted by Crippen LogP contribution is 2.18. The molecule has 1 aromatic rings. The lowest BCUT2D eigenvalue weighted by molar-refractivity contribution is 0.0991. The van der Waals surface area contributed by atoms with E-state index >= 15 is 0 Å². The van der Waals surface area contributed by atoms with Crippen LogP contribution in [0, 0.1) is 6.42 Å². The number of nitrogens with two attached hydrogens (primary N) is 1. The van der Waals surface area contributed by atoms with Crippen LogP contribution >= 0.6 is 0 Å². The molecule has 0 aliphatic carbocycles. The summed E-state index contributed by atoms with van der Waals surface area (Å²) in [5.74, 6) is -0.308. The topological polar surface area (TPSA) is 94.7 Å². The molecule has 0 saturated carbocycles. The Kier molecular flexibility index (Phi) is 4.11. The highest BCUT2D eigenvalue weighted by atomic mass is 16.5. The molecule has 0 bridgehead atoms. The van der Waals surface area contributed by atoms with Gasteiger partial charge in [-0.2, -0.15) is 0 Å². The minimum Gasteiger partial charge on any atom is -0.472 e. The number of carbonyl (C=O) groups excluding carboxylic acids is 1. The van der Waals surface area contributed by atoms with Crippen LogP contribution in [0.25, 0.3) is 0 Å². The van der Waals surface area contributed by atoms with Gasteiger partial charge in [-0.15, -0.1) is 0 Å². The molecule has 0 aromatic carbocycles. The van der Waals surface area contributed by atoms with E-state index in [2.05, 4.69) is 4.98 Å². The number of pyridine rings is 1. The number of ether oxygens (including phenoxy) is 2. The first-order valence-electron chi connectivity index (χ1n) is 5.70. The summed E-state index contributed by atoms with van der Waals surface area (Å²) in [5, 5.41) is 8.84. The van der Waals surface area contributed by atoms with Crippen molar-refractivity contribution in [1.29, 1.82) is 0 Å². The number of aromatic nitrogens is 1. The highest BCUT2D eigenvalue weighted by Gasteiger charge is 2.19. The van der Waals surface area contributed by atoms with Gasteiger partial charge in [0.25, 0.3) is 5.91 Å². The first kappa shape index (κ1) is 12.8. The minimum atomic E-state index is -0.650. The van der Waals surface area contributed by atoms with Crippen LogP contribution in [0.1, 0.15) is 22.5 Å². The maximum absolute atomic E-state index is 11.3. The van der Waals surface area contributed by atoms with Gasteiger partial charge in [-0.1, -0.05) is 6.07 Å². The van der Waals surface area contributed by atoms with Gasteiger partial charge in [0.05, 0.1) is 19.8 Å². The summed E-state index contributed by atoms with van der Waals surface area (Å²) in [4.78, 5) is 15.3. The molecule has 1 atom stereocenters. The Balaban J connectivity index is 2.16. The molecular weight excluding hydrogens is 236 g/mol. The Labute approximate surface area is 105 Å². The van der Waals surface area contributed by atoms with Crippen LogP contribution in [0.5, 0.6) is 5.88 Å². The van der Waals surface area contributed by atoms with E-state index in [9.17, 15) is 4.79 Å². The van der Waals surface area contributed by atoms with Gasteiger partial charge in [0.2, 0.25) is 5.88 Å². The summed E-state index contributed by atoms with van der Waals surface area (Å²) in [6, 6.07) is 3.29. The third-order valence-corrected chi connectivity index (χ3v) is 2.62. The summed E-state index contributed by atoms with van der Waals surface area (Å²) >= 11 is 0. The van der Waals surface area contributed by atoms with Crippen LogP contribution in [0.3, 0.4) is 0 Å². The molecule has 0 spiro atoms. The largest absolute Gasteiger partial charge is 0.472 e. The molecule has 3 N–H and O–H groups in total. The molecule has 1 saturated heterocycles. The molecule has 1 radical (unpaired) electrons. The third kappa shape index (κ3) is 2.96. The van der Waals surface area contributed by atoms with Gasteiger partial charge in [0, 0.05) is 18.9 Å². The molecule has 18 heavy (non-hydrogen) atoms. The molecule has 2 heterocycles. The lowest BCUT2D eigenvalue weighted by atomic mass is 10.1. The van der Waals surface area contributed by atoms with Gasteiger partial charge in [0.1, 0.15) is 11.8 Å². The van der Waals surface area contributed by atoms with Crippen molar-refractivity contribution >= 4 is 5.91 Å². The highest BCUT2D eigenvalue weighted by molar-refractivity contribution is 5.92. The van der Waals surface area contributed by atoms with Crippen molar-refractivity contribution in [2.24, 2.45) is 5.73 Å². The van der Waals surface area contributed by atoms with Crippen LogP contribution in [-0.4, -0.2) is 41.9 Å². The second-order valence-corrected chi connectivity index (χ2v) is 3.94. The molecule has 1 fully saturated rings. The fourth-order valence-electron chi connectivity index (χ4n) is 1.75. The average molecular weight is 251 g/mol. The zero-order valence-corrected chi connectivity index (χ0v) is 9.83. The molecule has 97 valence electrons. The number of hydrogen-bond donors (Lipinski definition) is 2. The summed E-state index contributed by atoms with van der Waals surface area (Å²) < 4.78 is 10.8. The summed E-state index contributed by atoms with van der Waals surface area (Å²) in [7, 11) is 0. The van der Waals surface area contributed by atoms with E-state index in [1.54, 1.807) is 12.1 Å². The first-order chi connectivity index (χ1) is 8.70. The smallest absolute Gasteiger partial charge is 0.267 e. The van der Waals surface area contributed by atoms with Crippen molar-refractivity contribution in [3.8, 4) is 5.88 Å². The fraction of sp³-hybridized carbons (Fsp3) is 0.417. The lowest BCUT2D eigenvalue weighted by Gasteiger charge is -2.12. The van der Waals surface area contributed by atoms with Gasteiger partial charge in [-0.05, 0) is 5.56 Å². The number of amides is 1. The molecule has 1 aliphatic rings. The van der Waals surface area contributed by atoms with Crippen molar-refractivity contribution in [3.05, 3.63) is 29.8 Å². The minimum absolute atomic E-state index is 0.0362. The van der Waals surface area contributed by atoms with E-state index < -0.39 is 5.91 Å². The van der Waals surface area contributed by atoms with E-state index in [0.717, 1.165) is 6.42 Å². The first-order valence-corrected chi connectivity index (χ1v) is 5.70. The van der Waals surface area contributed by atoms with Crippen molar-refractivity contribution < 1.29 is 19.4 Å². The third-order valence-electron chi connectivity index (χ3n) is 2.62. The van der Waals surface area contributed by atoms with E-state index in [-0.39, 0.29) is 18.4 Å². The maximum Gasteiger partial charge on any atom is 0.267 e. The number of carbonyl (C=O) groups is 1. The molecule has 2 rings (SSSR count). The Morgan fingerprint density at radius 3 is 3.11 bits per heavy atom. The fourth-order valence-corrected chi connectivity index (χ4v) is 1.75. The zero-order chi connectivity index (χ0) is 13.0. The van der Waals surface area contributed by atoms with Crippen molar-refractivity contribution in [3.63, 3.8) is 0 Å². The van der Waals surface area contributed by atoms with Crippen LogP contribution in [0.4, 0.5) is 0 Å². The van der Waals surface area contributed by atoms with Gasteiger partial charge in [-0.25, -0.2) is 4.98 Å². The molecule has 6 nitrogen and oxygen atoms in total. The molecule has 0 unspecified atom stereocenters. The molecule has 1 aromatic heterocycles. The van der Waals surface area contributed by atoms with Gasteiger partial charge in [-0.3, -0.25) is 4.79 Å². The second-order valence-electron chi connectivity index (χ2n) is 3.94. The van der Waals surface area contributed by atoms with E-state index in [1.807, 2.05) is 0 Å². The van der Waals surface area contributed by atoms with Crippen molar-refractivity contribution in [1.82, 2.24) is 4.98 Å². The number of hydrogen-bond acceptors (Lipinski definition) is 5. The standard InChI is InChI=1S/C12H15N2O4/c13-12(16)11-8(3-5-15)1-2-10(14-11)18-9-4-6-17-7-9/h1-3,9,15H,4-7H2,(H2,13,16)/t9-/m1/s1. The molecular formula is C12H15N2O4. The van der Waals surface area contributed by atoms with Crippen LogP contribution in [0.2, 0.25) is 0 Å². The Bertz CT molecular complexity index is 430. The predicted octanol–water partition coefficient (Wildman–Crippen LogP) is -0.107. The van der Waals surface area contributed by atoms with Gasteiger partial charge in [0.15, 0.2) is 0 Å². The normalized spacial score (nSPS) is 18.8. The lowest BCUT2D eigenvalue weighted by Crippen LogP contribution is -2.20. The monoisotopic (exact) mass is 251 g/mol. The number of aliphatic hydroxyl groups is 1. The molecule has 1 amide bonds. The van der Waals surface area contributed by atoms with Gasteiger partial charge >= 0.3 is 0 Å². The summed E-state index contributed by atoms with van der Waals surface area (Å²) in [5.41, 5.74) is 5.84. The van der Waals surface area contributed by atoms with Gasteiger partial charge < -0.3 is 20.3 Å². The Hall–Kier alpha value is -1.66. The molecule has 1 aliphatic heterocycles.